The topological polar surface area (TPSA) is 52.8 Å². The van der Waals surface area contributed by atoms with Gasteiger partial charge in [0.2, 0.25) is 0 Å². The second kappa shape index (κ2) is 9.69. The lowest BCUT2D eigenvalue weighted by atomic mass is 9.98. The van der Waals surface area contributed by atoms with Crippen LogP contribution in [-0.2, 0) is 0 Å². The number of nitrogens with zero attached hydrogens (tertiary/aromatic N) is 2. The van der Waals surface area contributed by atoms with Crippen LogP contribution in [0.5, 0.6) is 11.5 Å². The van der Waals surface area contributed by atoms with Gasteiger partial charge in [0, 0.05) is 0 Å². The molecule has 0 fully saturated rings. The van der Waals surface area contributed by atoms with Crippen molar-refractivity contribution < 1.29 is 9.47 Å². The van der Waals surface area contributed by atoms with Crippen LogP contribution in [-0.4, -0.2) is 22.6 Å². The molecular formula is C28H26N2O3S. The van der Waals surface area contributed by atoms with Crippen LogP contribution in [0.4, 0.5) is 0 Å². The quantitative estimate of drug-likeness (QED) is 0.284. The Morgan fingerprint density at radius 3 is 2.53 bits per heavy atom. The molecule has 3 aromatic carbocycles. The molecule has 0 bridgehead atoms. The highest BCUT2D eigenvalue weighted by Gasteiger charge is 2.11. The number of para-hydroxylation sites is 3. The summed E-state index contributed by atoms with van der Waals surface area (Å²) in [6, 6.07) is 23.6. The molecule has 0 aliphatic heterocycles. The highest BCUT2D eigenvalue weighted by molar-refractivity contribution is 7.15. The normalized spacial score (nSPS) is 12.9. The molecule has 6 heteroatoms. The van der Waals surface area contributed by atoms with Crippen LogP contribution in [0.15, 0.2) is 77.6 Å². The first kappa shape index (κ1) is 22.2. The Labute approximate surface area is 201 Å². The SMILES string of the molecule is CC[C@H](C)c1ccccc1OCCOc1ccc(/C=c2\sc3nc4ccccc4n3c2=O)cc1. The van der Waals surface area contributed by atoms with E-state index in [1.54, 1.807) is 4.40 Å². The molecule has 0 saturated carbocycles. The summed E-state index contributed by atoms with van der Waals surface area (Å²) in [5.41, 5.74) is 3.82. The molecule has 0 amide bonds. The highest BCUT2D eigenvalue weighted by atomic mass is 32.1. The van der Waals surface area contributed by atoms with E-state index in [1.165, 1.54) is 16.9 Å². The van der Waals surface area contributed by atoms with Crippen LogP contribution >= 0.6 is 11.3 Å². The van der Waals surface area contributed by atoms with E-state index in [-0.39, 0.29) is 5.56 Å². The van der Waals surface area contributed by atoms with E-state index in [4.69, 9.17) is 9.47 Å². The largest absolute Gasteiger partial charge is 0.490 e. The van der Waals surface area contributed by atoms with E-state index >= 15 is 0 Å². The lowest BCUT2D eigenvalue weighted by Gasteiger charge is -2.15. The molecular weight excluding hydrogens is 444 g/mol. The Morgan fingerprint density at radius 2 is 1.71 bits per heavy atom. The summed E-state index contributed by atoms with van der Waals surface area (Å²) >= 11 is 1.40. The summed E-state index contributed by atoms with van der Waals surface area (Å²) in [7, 11) is 0. The minimum atomic E-state index is -0.0381. The van der Waals surface area contributed by atoms with Crippen molar-refractivity contribution in [2.75, 3.05) is 13.2 Å². The number of fused-ring (bicyclic) bond motifs is 3. The first-order valence-electron chi connectivity index (χ1n) is 11.5. The third-order valence-corrected chi connectivity index (χ3v) is 6.96. The van der Waals surface area contributed by atoms with Gasteiger partial charge in [0.25, 0.3) is 5.56 Å². The van der Waals surface area contributed by atoms with Gasteiger partial charge in [-0.2, -0.15) is 0 Å². The molecule has 0 saturated heterocycles. The fraction of sp³-hybridized carbons (Fsp3) is 0.214. The maximum Gasteiger partial charge on any atom is 0.274 e. The second-order valence-electron chi connectivity index (χ2n) is 8.25. The maximum atomic E-state index is 12.9. The molecule has 34 heavy (non-hydrogen) atoms. The Kier molecular flexibility index (Phi) is 6.32. The zero-order valence-corrected chi connectivity index (χ0v) is 20.0. The number of imidazole rings is 1. The molecule has 5 nitrogen and oxygen atoms in total. The first-order chi connectivity index (χ1) is 16.6. The molecule has 2 aromatic heterocycles. The zero-order chi connectivity index (χ0) is 23.5. The molecule has 0 spiro atoms. The fourth-order valence-electron chi connectivity index (χ4n) is 3.97. The van der Waals surface area contributed by atoms with E-state index in [0.29, 0.717) is 28.6 Å². The minimum absolute atomic E-state index is 0.0381. The molecule has 0 unspecified atom stereocenters. The standard InChI is InChI=1S/C28H26N2O3S/c1-3-19(2)22-8-4-7-11-25(22)33-17-16-32-21-14-12-20(13-15-21)18-26-27(31)30-24-10-6-5-9-23(24)29-28(30)34-26/h4-15,18-19H,3,16-17H2,1-2H3/b26-18-/t19-/m0/s1. The van der Waals surface area contributed by atoms with Crippen molar-refractivity contribution in [1.29, 1.82) is 0 Å². The van der Waals surface area contributed by atoms with Crippen molar-refractivity contribution in [3.8, 4) is 11.5 Å². The van der Waals surface area contributed by atoms with Crippen LogP contribution in [0, 0.1) is 0 Å². The second-order valence-corrected chi connectivity index (χ2v) is 9.26. The van der Waals surface area contributed by atoms with Crippen molar-refractivity contribution in [2.24, 2.45) is 0 Å². The van der Waals surface area contributed by atoms with Crippen molar-refractivity contribution in [1.82, 2.24) is 9.38 Å². The molecule has 1 atom stereocenters. The lowest BCUT2D eigenvalue weighted by molar-refractivity contribution is 0.215. The Bertz CT molecular complexity index is 1540. The third-order valence-electron chi connectivity index (χ3n) is 5.99. The lowest BCUT2D eigenvalue weighted by Crippen LogP contribution is -2.22. The predicted molar refractivity (Wildman–Crippen MR) is 138 cm³/mol. The first-order valence-corrected chi connectivity index (χ1v) is 12.3. The summed E-state index contributed by atoms with van der Waals surface area (Å²) in [6.07, 6.45) is 2.97. The van der Waals surface area contributed by atoms with Crippen LogP contribution in [0.25, 0.3) is 22.1 Å². The third kappa shape index (κ3) is 4.41. The average Bonchev–Trinajstić information content (AvgIpc) is 3.38. The van der Waals surface area contributed by atoms with Crippen molar-refractivity contribution in [3.63, 3.8) is 0 Å². The molecule has 2 heterocycles. The Morgan fingerprint density at radius 1 is 0.971 bits per heavy atom. The molecule has 5 rings (SSSR count). The van der Waals surface area contributed by atoms with Gasteiger partial charge in [0.05, 0.1) is 15.6 Å². The molecule has 0 N–H and O–H groups in total. The number of thiazole rings is 1. The van der Waals surface area contributed by atoms with Gasteiger partial charge in [-0.25, -0.2) is 9.38 Å². The van der Waals surface area contributed by atoms with Gasteiger partial charge < -0.3 is 9.47 Å². The van der Waals surface area contributed by atoms with Gasteiger partial charge >= 0.3 is 0 Å². The molecule has 172 valence electrons. The van der Waals surface area contributed by atoms with Gasteiger partial charge in [0.1, 0.15) is 24.7 Å². The van der Waals surface area contributed by atoms with Gasteiger partial charge in [-0.15, -0.1) is 0 Å². The number of aromatic nitrogens is 2. The van der Waals surface area contributed by atoms with E-state index in [9.17, 15) is 4.79 Å². The molecule has 0 aliphatic carbocycles. The Balaban J connectivity index is 1.24. The van der Waals surface area contributed by atoms with Crippen LogP contribution in [0.3, 0.4) is 0 Å². The smallest absolute Gasteiger partial charge is 0.274 e. The summed E-state index contributed by atoms with van der Waals surface area (Å²) in [5, 5.41) is 0. The van der Waals surface area contributed by atoms with E-state index in [1.807, 2.05) is 66.7 Å². The average molecular weight is 471 g/mol. The van der Waals surface area contributed by atoms with E-state index < -0.39 is 0 Å². The Hall–Kier alpha value is -3.64. The minimum Gasteiger partial charge on any atom is -0.490 e. The van der Waals surface area contributed by atoms with Crippen LogP contribution in [0.1, 0.15) is 37.3 Å². The summed E-state index contributed by atoms with van der Waals surface area (Å²) < 4.78 is 14.2. The summed E-state index contributed by atoms with van der Waals surface area (Å²) in [6.45, 7) is 5.33. The summed E-state index contributed by atoms with van der Waals surface area (Å²) in [5.74, 6) is 2.15. The maximum absolute atomic E-state index is 12.9. The van der Waals surface area contributed by atoms with Gasteiger partial charge in [-0.3, -0.25) is 4.79 Å². The molecule has 0 radical (unpaired) electrons. The number of ether oxygens (including phenoxy) is 2. The van der Waals surface area contributed by atoms with Crippen molar-refractivity contribution in [2.45, 2.75) is 26.2 Å². The number of benzene rings is 3. The summed E-state index contributed by atoms with van der Waals surface area (Å²) in [4.78, 5) is 18.2. The van der Waals surface area contributed by atoms with Gasteiger partial charge in [0.15, 0.2) is 4.96 Å². The van der Waals surface area contributed by atoms with Crippen molar-refractivity contribution >= 4 is 33.4 Å². The number of hydrogen-bond donors (Lipinski definition) is 0. The van der Waals surface area contributed by atoms with Gasteiger partial charge in [-0.1, -0.05) is 67.6 Å². The van der Waals surface area contributed by atoms with Gasteiger partial charge in [-0.05, 0) is 59.9 Å². The van der Waals surface area contributed by atoms with Crippen molar-refractivity contribution in [3.05, 3.63) is 98.8 Å². The predicted octanol–water partition coefficient (Wildman–Crippen LogP) is 5.43. The monoisotopic (exact) mass is 470 g/mol. The molecule has 0 aliphatic rings. The zero-order valence-electron chi connectivity index (χ0n) is 19.2. The van der Waals surface area contributed by atoms with Crippen LogP contribution < -0.4 is 19.6 Å². The van der Waals surface area contributed by atoms with E-state index in [0.717, 1.165) is 34.5 Å². The van der Waals surface area contributed by atoms with Crippen LogP contribution in [0.2, 0.25) is 0 Å². The highest BCUT2D eigenvalue weighted by Crippen LogP contribution is 2.28. The van der Waals surface area contributed by atoms with E-state index in [2.05, 4.69) is 31.0 Å². The fourth-order valence-corrected chi connectivity index (χ4v) is 4.96. The number of rotatable bonds is 8. The molecule has 5 aromatic rings. The number of hydrogen-bond acceptors (Lipinski definition) is 5.